The zero-order valence-corrected chi connectivity index (χ0v) is 11.8. The third-order valence-electron chi connectivity index (χ3n) is 2.81. The molecule has 0 aliphatic rings. The Morgan fingerprint density at radius 3 is 2.38 bits per heavy atom. The van der Waals surface area contributed by atoms with Gasteiger partial charge in [-0.15, -0.1) is 0 Å². The summed E-state index contributed by atoms with van der Waals surface area (Å²) >= 11 is 5.78. The molecule has 2 aromatic rings. The van der Waals surface area contributed by atoms with Gasteiger partial charge < -0.3 is 9.94 Å². The molecule has 0 aliphatic heterocycles. The quantitative estimate of drug-likeness (QED) is 0.286. The molecule has 0 spiro atoms. The monoisotopic (exact) mass is 312 g/mol. The van der Waals surface area contributed by atoms with Gasteiger partial charge in [-0.3, -0.25) is 10.1 Å². The van der Waals surface area contributed by atoms with Gasteiger partial charge in [0.1, 0.15) is 11.6 Å². The third kappa shape index (κ3) is 2.87. The average Bonchev–Trinajstić information content (AvgIpc) is 2.37. The second-order valence-corrected chi connectivity index (χ2v) is 4.73. The first-order valence-electron chi connectivity index (χ1n) is 5.82. The predicted molar refractivity (Wildman–Crippen MR) is 73.0 cm³/mol. The van der Waals surface area contributed by atoms with Gasteiger partial charge in [0.25, 0.3) is 5.75 Å². The van der Waals surface area contributed by atoms with Gasteiger partial charge in [-0.05, 0) is 48.7 Å². The van der Waals surface area contributed by atoms with Crippen LogP contribution in [0.4, 0.5) is 10.1 Å². The second kappa shape index (κ2) is 5.53. The molecule has 0 saturated carbocycles. The zero-order valence-electron chi connectivity index (χ0n) is 11.1. The van der Waals surface area contributed by atoms with E-state index in [0.717, 1.165) is 12.3 Å². The van der Waals surface area contributed by atoms with E-state index in [-0.39, 0.29) is 16.2 Å². The van der Waals surface area contributed by atoms with Crippen LogP contribution in [0.1, 0.15) is 11.1 Å². The number of hydrogen-bond donors (Lipinski definition) is 0. The fourth-order valence-electron chi connectivity index (χ4n) is 1.88. The Kier molecular flexibility index (Phi) is 3.95. The van der Waals surface area contributed by atoms with Gasteiger partial charge in [-0.25, -0.2) is 4.39 Å². The fourth-order valence-corrected chi connectivity index (χ4v) is 2.08. The normalized spacial score (nSPS) is 10.5. The minimum Gasteiger partial charge on any atom is -0.618 e. The molecule has 0 unspecified atom stereocenters. The SMILES string of the molecule is Cc1cc(F)cc(C)c1Oc1c([N+](=O)[O-])cc[n+]([O-])c1Cl. The molecule has 0 atom stereocenters. The van der Waals surface area contributed by atoms with Crippen molar-refractivity contribution in [3.63, 3.8) is 0 Å². The highest BCUT2D eigenvalue weighted by Gasteiger charge is 2.27. The van der Waals surface area contributed by atoms with E-state index in [9.17, 15) is 19.7 Å². The average molecular weight is 313 g/mol. The van der Waals surface area contributed by atoms with E-state index in [1.807, 2.05) is 0 Å². The van der Waals surface area contributed by atoms with Crippen molar-refractivity contribution in [1.82, 2.24) is 0 Å². The number of rotatable bonds is 3. The summed E-state index contributed by atoms with van der Waals surface area (Å²) in [6.45, 7) is 3.17. The van der Waals surface area contributed by atoms with Crippen LogP contribution in [-0.4, -0.2) is 4.92 Å². The standard InChI is InChI=1S/C13H10ClFN2O4/c1-7-5-9(15)6-8(2)11(7)21-12-10(17(19)20)3-4-16(18)13(12)14/h3-6H,1-2H3. The van der Waals surface area contributed by atoms with E-state index in [1.165, 1.54) is 12.1 Å². The Hall–Kier alpha value is -2.41. The number of nitrogens with zero attached hydrogens (tertiary/aromatic N) is 2. The van der Waals surface area contributed by atoms with Gasteiger partial charge in [0.05, 0.1) is 11.0 Å². The third-order valence-corrected chi connectivity index (χ3v) is 3.15. The number of pyridine rings is 1. The van der Waals surface area contributed by atoms with E-state index < -0.39 is 21.6 Å². The number of hydrogen-bond acceptors (Lipinski definition) is 4. The van der Waals surface area contributed by atoms with Crippen LogP contribution in [0, 0.1) is 35.0 Å². The van der Waals surface area contributed by atoms with E-state index in [2.05, 4.69) is 0 Å². The van der Waals surface area contributed by atoms with Crippen molar-refractivity contribution in [3.05, 3.63) is 61.8 Å². The van der Waals surface area contributed by atoms with Gasteiger partial charge in [0, 0.05) is 0 Å². The van der Waals surface area contributed by atoms with Crippen molar-refractivity contribution < 1.29 is 18.8 Å². The van der Waals surface area contributed by atoms with E-state index in [1.54, 1.807) is 13.8 Å². The van der Waals surface area contributed by atoms with Gasteiger partial charge in [-0.1, -0.05) is 0 Å². The van der Waals surface area contributed by atoms with Gasteiger partial charge in [-0.2, -0.15) is 4.73 Å². The van der Waals surface area contributed by atoms with Crippen molar-refractivity contribution >= 4 is 17.3 Å². The number of aromatic nitrogens is 1. The van der Waals surface area contributed by atoms with Crippen molar-refractivity contribution in [2.45, 2.75) is 13.8 Å². The summed E-state index contributed by atoms with van der Waals surface area (Å²) in [7, 11) is 0. The highest BCUT2D eigenvalue weighted by Crippen LogP contribution is 2.38. The topological polar surface area (TPSA) is 79.3 Å². The maximum Gasteiger partial charge on any atom is 0.336 e. The van der Waals surface area contributed by atoms with Crippen LogP contribution in [0.2, 0.25) is 5.15 Å². The molecule has 1 aromatic heterocycles. The molecule has 0 saturated heterocycles. The Bertz CT molecular complexity index is 713. The highest BCUT2D eigenvalue weighted by atomic mass is 35.5. The summed E-state index contributed by atoms with van der Waals surface area (Å²) in [4.78, 5) is 10.3. The van der Waals surface area contributed by atoms with Crippen molar-refractivity contribution in [2.24, 2.45) is 0 Å². The van der Waals surface area contributed by atoms with Crippen LogP contribution in [0.25, 0.3) is 0 Å². The molecule has 8 heteroatoms. The Morgan fingerprint density at radius 2 is 1.86 bits per heavy atom. The molecule has 0 fully saturated rings. The van der Waals surface area contributed by atoms with Gasteiger partial charge in [0.15, 0.2) is 6.20 Å². The molecule has 0 bridgehead atoms. The summed E-state index contributed by atoms with van der Waals surface area (Å²) in [5, 5.41) is 22.0. The molecule has 1 aromatic carbocycles. The smallest absolute Gasteiger partial charge is 0.336 e. The first kappa shape index (κ1) is 15.0. The Balaban J connectivity index is 2.59. The largest absolute Gasteiger partial charge is 0.618 e. The number of ether oxygens (including phenoxy) is 1. The maximum absolute atomic E-state index is 13.3. The van der Waals surface area contributed by atoms with Crippen LogP contribution in [-0.2, 0) is 0 Å². The van der Waals surface area contributed by atoms with Crippen molar-refractivity contribution in [2.75, 3.05) is 0 Å². The van der Waals surface area contributed by atoms with Crippen molar-refractivity contribution in [3.8, 4) is 11.5 Å². The number of benzene rings is 1. The highest BCUT2D eigenvalue weighted by molar-refractivity contribution is 6.30. The van der Waals surface area contributed by atoms with Crippen LogP contribution in [0.15, 0.2) is 24.4 Å². The maximum atomic E-state index is 13.3. The molecule has 0 N–H and O–H groups in total. The van der Waals surface area contributed by atoms with E-state index in [0.29, 0.717) is 11.1 Å². The van der Waals surface area contributed by atoms with Crippen LogP contribution >= 0.6 is 11.6 Å². The molecular weight excluding hydrogens is 303 g/mol. The minimum atomic E-state index is -0.713. The van der Waals surface area contributed by atoms with Crippen molar-refractivity contribution in [1.29, 1.82) is 0 Å². The lowest BCUT2D eigenvalue weighted by molar-refractivity contribution is -0.604. The first-order chi connectivity index (χ1) is 9.81. The molecule has 0 aliphatic carbocycles. The predicted octanol–water partition coefficient (Wildman–Crippen LogP) is 3.43. The summed E-state index contributed by atoms with van der Waals surface area (Å²) in [6, 6.07) is 3.43. The fraction of sp³-hybridized carbons (Fsp3) is 0.154. The minimum absolute atomic E-state index is 0.215. The molecule has 2 rings (SSSR count). The van der Waals surface area contributed by atoms with E-state index in [4.69, 9.17) is 16.3 Å². The summed E-state index contributed by atoms with van der Waals surface area (Å²) in [5.41, 5.74) is 0.411. The van der Waals surface area contributed by atoms with E-state index >= 15 is 0 Å². The molecule has 0 radical (unpaired) electrons. The molecular formula is C13H10ClFN2O4. The molecule has 1 heterocycles. The Labute approximate surface area is 124 Å². The lowest BCUT2D eigenvalue weighted by Gasteiger charge is -2.12. The van der Waals surface area contributed by atoms with Gasteiger partial charge in [0.2, 0.25) is 0 Å². The summed E-state index contributed by atoms with van der Waals surface area (Å²) < 4.78 is 18.9. The lowest BCUT2D eigenvalue weighted by atomic mass is 10.1. The summed E-state index contributed by atoms with van der Waals surface area (Å²) in [6.07, 6.45) is 0.914. The zero-order chi connectivity index (χ0) is 15.7. The number of halogens is 2. The molecule has 6 nitrogen and oxygen atoms in total. The van der Waals surface area contributed by atoms with Crippen LogP contribution in [0.5, 0.6) is 11.5 Å². The number of aryl methyl sites for hydroxylation is 2. The van der Waals surface area contributed by atoms with Crippen LogP contribution in [0.3, 0.4) is 0 Å². The number of nitro groups is 1. The molecule has 21 heavy (non-hydrogen) atoms. The van der Waals surface area contributed by atoms with Crippen LogP contribution < -0.4 is 9.47 Å². The summed E-state index contributed by atoms with van der Waals surface area (Å²) in [5.74, 6) is -0.616. The Morgan fingerprint density at radius 1 is 1.29 bits per heavy atom. The van der Waals surface area contributed by atoms with Gasteiger partial charge >= 0.3 is 10.8 Å². The first-order valence-corrected chi connectivity index (χ1v) is 6.19. The second-order valence-electron chi connectivity index (χ2n) is 4.37. The lowest BCUT2D eigenvalue weighted by Crippen LogP contribution is -2.27. The molecule has 110 valence electrons. The molecule has 0 amide bonds.